The third-order valence-electron chi connectivity index (χ3n) is 3.89. The highest BCUT2D eigenvalue weighted by molar-refractivity contribution is 8.04. The van der Waals surface area contributed by atoms with Gasteiger partial charge in [0.25, 0.3) is 0 Å². The molecule has 1 aliphatic carbocycles. The summed E-state index contributed by atoms with van der Waals surface area (Å²) in [5.74, 6) is 0.703. The molecule has 0 aromatic rings. The Bertz CT molecular complexity index is 370. The van der Waals surface area contributed by atoms with Crippen LogP contribution in [0.1, 0.15) is 20.3 Å². The van der Waals surface area contributed by atoms with Crippen LogP contribution in [0.25, 0.3) is 0 Å². The van der Waals surface area contributed by atoms with Crippen LogP contribution in [0.2, 0.25) is 0 Å². The van der Waals surface area contributed by atoms with Crippen LogP contribution < -0.4 is 11.1 Å². The molecule has 0 fully saturated rings. The molecular formula is C13H22N2O2S. The maximum Gasteiger partial charge on any atom is 0.315 e. The predicted octanol–water partition coefficient (Wildman–Crippen LogP) is 1.33. The van der Waals surface area contributed by atoms with E-state index in [4.69, 9.17) is 10.5 Å². The Kier molecular flexibility index (Phi) is 4.35. The van der Waals surface area contributed by atoms with Crippen LogP contribution >= 0.6 is 11.8 Å². The van der Waals surface area contributed by atoms with E-state index in [0.717, 1.165) is 13.0 Å². The molecule has 1 aliphatic heterocycles. The molecule has 18 heavy (non-hydrogen) atoms. The van der Waals surface area contributed by atoms with Gasteiger partial charge in [-0.1, -0.05) is 6.92 Å². The molecule has 4 nitrogen and oxygen atoms in total. The number of ether oxygens (including phenoxy) is 1. The van der Waals surface area contributed by atoms with Gasteiger partial charge in [0.2, 0.25) is 0 Å². The van der Waals surface area contributed by atoms with Crippen LogP contribution in [0.5, 0.6) is 0 Å². The molecule has 2 aliphatic rings. The minimum absolute atomic E-state index is 0.153. The highest BCUT2D eigenvalue weighted by atomic mass is 32.2. The topological polar surface area (TPSA) is 64.3 Å². The Balaban J connectivity index is 2.14. The molecule has 102 valence electrons. The number of esters is 1. The fourth-order valence-corrected chi connectivity index (χ4v) is 4.44. The van der Waals surface area contributed by atoms with E-state index in [-0.39, 0.29) is 17.3 Å². The summed E-state index contributed by atoms with van der Waals surface area (Å²) in [6.07, 6.45) is 0.974. The number of nitrogens with one attached hydrogen (secondary N) is 1. The SMILES string of the molecule is CCOC(=O)C1C2=C(SC1N)C(C)C(CNC)C2. The maximum absolute atomic E-state index is 12.0. The molecular weight excluding hydrogens is 248 g/mol. The minimum Gasteiger partial charge on any atom is -0.465 e. The van der Waals surface area contributed by atoms with Crippen molar-refractivity contribution in [3.63, 3.8) is 0 Å². The van der Waals surface area contributed by atoms with Crippen LogP contribution in [0.4, 0.5) is 0 Å². The minimum atomic E-state index is -0.228. The number of rotatable bonds is 4. The average Bonchev–Trinajstić information content (AvgIpc) is 2.78. The lowest BCUT2D eigenvalue weighted by Crippen LogP contribution is -2.33. The number of hydrogen-bond donors (Lipinski definition) is 2. The number of carbonyl (C=O) groups is 1. The Hall–Kier alpha value is -0.520. The first-order valence-electron chi connectivity index (χ1n) is 6.56. The molecule has 5 heteroatoms. The molecule has 0 saturated carbocycles. The van der Waals surface area contributed by atoms with Crippen molar-refractivity contribution in [2.75, 3.05) is 20.2 Å². The number of thioether (sulfide) groups is 1. The summed E-state index contributed by atoms with van der Waals surface area (Å²) in [7, 11) is 1.97. The second kappa shape index (κ2) is 5.63. The third-order valence-corrected chi connectivity index (χ3v) is 5.33. The van der Waals surface area contributed by atoms with E-state index in [0.29, 0.717) is 18.4 Å². The zero-order valence-corrected chi connectivity index (χ0v) is 12.0. The quantitative estimate of drug-likeness (QED) is 0.755. The Morgan fingerprint density at radius 3 is 2.94 bits per heavy atom. The van der Waals surface area contributed by atoms with Crippen molar-refractivity contribution in [3.8, 4) is 0 Å². The third kappa shape index (κ3) is 2.31. The maximum atomic E-state index is 12.0. The van der Waals surface area contributed by atoms with Gasteiger partial charge in [0.15, 0.2) is 0 Å². The zero-order chi connectivity index (χ0) is 13.3. The van der Waals surface area contributed by atoms with Gasteiger partial charge in [0.1, 0.15) is 5.92 Å². The van der Waals surface area contributed by atoms with Crippen LogP contribution in [0, 0.1) is 17.8 Å². The first-order chi connectivity index (χ1) is 8.60. The monoisotopic (exact) mass is 270 g/mol. The fraction of sp³-hybridized carbons (Fsp3) is 0.769. The molecule has 0 aromatic heterocycles. The first kappa shape index (κ1) is 13.9. The van der Waals surface area contributed by atoms with Gasteiger partial charge < -0.3 is 15.8 Å². The van der Waals surface area contributed by atoms with Crippen LogP contribution in [0.3, 0.4) is 0 Å². The van der Waals surface area contributed by atoms with E-state index in [1.165, 1.54) is 10.5 Å². The Morgan fingerprint density at radius 2 is 2.33 bits per heavy atom. The lowest BCUT2D eigenvalue weighted by molar-refractivity contribution is -0.146. The molecule has 2 rings (SSSR count). The molecule has 3 N–H and O–H groups in total. The second-order valence-corrected chi connectivity index (χ2v) is 6.23. The van der Waals surface area contributed by atoms with Crippen molar-refractivity contribution in [1.29, 1.82) is 0 Å². The lowest BCUT2D eigenvalue weighted by atomic mass is 9.93. The van der Waals surface area contributed by atoms with Crippen LogP contribution in [-0.4, -0.2) is 31.5 Å². The van der Waals surface area contributed by atoms with Crippen molar-refractivity contribution in [2.45, 2.75) is 25.6 Å². The molecule has 0 aromatic carbocycles. The first-order valence-corrected chi connectivity index (χ1v) is 7.44. The van der Waals surface area contributed by atoms with Crippen LogP contribution in [-0.2, 0) is 9.53 Å². The summed E-state index contributed by atoms with van der Waals surface area (Å²) in [6.45, 7) is 5.48. The van der Waals surface area contributed by atoms with Crippen molar-refractivity contribution < 1.29 is 9.53 Å². The number of nitrogens with two attached hydrogens (primary N) is 1. The normalized spacial score (nSPS) is 34.9. The summed E-state index contributed by atoms with van der Waals surface area (Å²) in [5.41, 5.74) is 7.32. The van der Waals surface area contributed by atoms with Gasteiger partial charge in [-0.15, -0.1) is 11.8 Å². The van der Waals surface area contributed by atoms with Gasteiger partial charge in [-0.05, 0) is 49.3 Å². The number of carbonyl (C=O) groups excluding carboxylic acids is 1. The molecule has 0 amide bonds. The van der Waals surface area contributed by atoms with Crippen molar-refractivity contribution in [2.24, 2.45) is 23.5 Å². The molecule has 1 heterocycles. The Labute approximate surface area is 113 Å². The predicted molar refractivity (Wildman–Crippen MR) is 73.9 cm³/mol. The van der Waals surface area contributed by atoms with E-state index in [2.05, 4.69) is 12.2 Å². The highest BCUT2D eigenvalue weighted by Crippen LogP contribution is 2.53. The summed E-state index contributed by atoms with van der Waals surface area (Å²) in [6, 6.07) is 0. The molecule has 4 atom stereocenters. The van der Waals surface area contributed by atoms with E-state index in [1.807, 2.05) is 14.0 Å². The van der Waals surface area contributed by atoms with Gasteiger partial charge in [-0.3, -0.25) is 4.79 Å². The van der Waals surface area contributed by atoms with Crippen LogP contribution in [0.15, 0.2) is 10.5 Å². The molecule has 0 spiro atoms. The summed E-state index contributed by atoms with van der Waals surface area (Å²) < 4.78 is 5.15. The van der Waals surface area contributed by atoms with Gasteiger partial charge >= 0.3 is 5.97 Å². The van der Waals surface area contributed by atoms with E-state index in [9.17, 15) is 4.79 Å². The number of hydrogen-bond acceptors (Lipinski definition) is 5. The van der Waals surface area contributed by atoms with Gasteiger partial charge in [-0.25, -0.2) is 0 Å². The highest BCUT2D eigenvalue weighted by Gasteiger charge is 2.46. The van der Waals surface area contributed by atoms with E-state index in [1.54, 1.807) is 11.8 Å². The van der Waals surface area contributed by atoms with E-state index >= 15 is 0 Å². The lowest BCUT2D eigenvalue weighted by Gasteiger charge is -2.22. The molecule has 0 bridgehead atoms. The average molecular weight is 270 g/mol. The molecule has 4 unspecified atom stereocenters. The summed E-state index contributed by atoms with van der Waals surface area (Å²) in [5, 5.41) is 3.07. The molecule has 0 radical (unpaired) electrons. The standard InChI is InChI=1S/C13H22N2O2S/c1-4-17-13(16)10-9-5-8(6-15-3)7(2)11(9)18-12(10)14/h7-8,10,12,15H,4-6,14H2,1-3H3. The fourth-order valence-electron chi connectivity index (χ4n) is 2.96. The van der Waals surface area contributed by atoms with E-state index < -0.39 is 0 Å². The van der Waals surface area contributed by atoms with Crippen molar-refractivity contribution >= 4 is 17.7 Å². The van der Waals surface area contributed by atoms with Crippen molar-refractivity contribution in [3.05, 3.63) is 10.5 Å². The van der Waals surface area contributed by atoms with Crippen molar-refractivity contribution in [1.82, 2.24) is 5.32 Å². The van der Waals surface area contributed by atoms with Gasteiger partial charge in [-0.2, -0.15) is 0 Å². The largest absolute Gasteiger partial charge is 0.465 e. The zero-order valence-electron chi connectivity index (χ0n) is 11.2. The Morgan fingerprint density at radius 1 is 1.61 bits per heavy atom. The number of allylic oxidation sites excluding steroid dienone is 1. The van der Waals surface area contributed by atoms with Gasteiger partial charge in [0, 0.05) is 0 Å². The molecule has 0 saturated heterocycles. The second-order valence-electron chi connectivity index (χ2n) is 5.01. The summed E-state index contributed by atoms with van der Waals surface area (Å²) in [4.78, 5) is 13.3. The van der Waals surface area contributed by atoms with Gasteiger partial charge in [0.05, 0.1) is 12.0 Å². The summed E-state index contributed by atoms with van der Waals surface area (Å²) >= 11 is 1.66. The smallest absolute Gasteiger partial charge is 0.315 e.